The number of nitrogens with one attached hydrogen (secondary N) is 1. The van der Waals surface area contributed by atoms with Gasteiger partial charge in [-0.05, 0) is 24.5 Å². The molecule has 1 aromatic rings. The highest BCUT2D eigenvalue weighted by Crippen LogP contribution is 2.22. The third-order valence-corrected chi connectivity index (χ3v) is 4.09. The summed E-state index contributed by atoms with van der Waals surface area (Å²) in [7, 11) is 0. The van der Waals surface area contributed by atoms with Crippen LogP contribution < -0.4 is 5.32 Å². The lowest BCUT2D eigenvalue weighted by Crippen LogP contribution is -2.37. The molecule has 0 bridgehead atoms. The first-order valence-corrected chi connectivity index (χ1v) is 8.26. The second-order valence-electron chi connectivity index (χ2n) is 6.53. The van der Waals surface area contributed by atoms with Crippen LogP contribution in [-0.4, -0.2) is 46.8 Å². The van der Waals surface area contributed by atoms with Crippen molar-refractivity contribution in [2.45, 2.75) is 26.7 Å². The maximum atomic E-state index is 12.2. The minimum atomic E-state index is -0.950. The second kappa shape index (κ2) is 7.92. The normalized spacial score (nSPS) is 14.6. The molecule has 0 spiro atoms. The van der Waals surface area contributed by atoms with E-state index in [9.17, 15) is 19.2 Å². The third-order valence-electron chi connectivity index (χ3n) is 4.09. The standard InChI is InChI=1S/C18H22N2O5/c1-11(2)9-12(18(24)25)10-19-15(21)7-8-20-16(22)13-5-3-4-6-14(13)17(20)23/h3-6,11-12H,7-10H2,1-2H3,(H,19,21)(H,24,25). The lowest BCUT2D eigenvalue weighted by Gasteiger charge is -2.16. The van der Waals surface area contributed by atoms with Crippen molar-refractivity contribution in [1.82, 2.24) is 10.2 Å². The highest BCUT2D eigenvalue weighted by molar-refractivity contribution is 6.21. The van der Waals surface area contributed by atoms with E-state index in [1.165, 1.54) is 0 Å². The van der Waals surface area contributed by atoms with Crippen LogP contribution in [0, 0.1) is 11.8 Å². The molecule has 1 aromatic carbocycles. The van der Waals surface area contributed by atoms with Crippen molar-refractivity contribution < 1.29 is 24.3 Å². The van der Waals surface area contributed by atoms with E-state index in [1.807, 2.05) is 13.8 Å². The van der Waals surface area contributed by atoms with Crippen molar-refractivity contribution in [3.63, 3.8) is 0 Å². The van der Waals surface area contributed by atoms with E-state index < -0.39 is 23.7 Å². The minimum Gasteiger partial charge on any atom is -0.481 e. The zero-order valence-electron chi connectivity index (χ0n) is 14.3. The number of hydrogen-bond donors (Lipinski definition) is 2. The van der Waals surface area contributed by atoms with Gasteiger partial charge in [-0.1, -0.05) is 26.0 Å². The van der Waals surface area contributed by atoms with Gasteiger partial charge >= 0.3 is 5.97 Å². The Morgan fingerprint density at radius 3 is 2.16 bits per heavy atom. The molecule has 25 heavy (non-hydrogen) atoms. The van der Waals surface area contributed by atoms with Crippen LogP contribution in [-0.2, 0) is 9.59 Å². The Balaban J connectivity index is 1.86. The summed E-state index contributed by atoms with van der Waals surface area (Å²) in [4.78, 5) is 48.6. The van der Waals surface area contributed by atoms with Gasteiger partial charge in [-0.2, -0.15) is 0 Å². The Morgan fingerprint density at radius 1 is 1.12 bits per heavy atom. The number of nitrogens with zero attached hydrogens (tertiary/aromatic N) is 1. The summed E-state index contributed by atoms with van der Waals surface area (Å²) in [5.74, 6) is -2.59. The van der Waals surface area contributed by atoms with Crippen molar-refractivity contribution >= 4 is 23.7 Å². The summed E-state index contributed by atoms with van der Waals surface area (Å²) in [5, 5.41) is 11.7. The van der Waals surface area contributed by atoms with E-state index >= 15 is 0 Å². The lowest BCUT2D eigenvalue weighted by atomic mass is 9.97. The molecule has 2 rings (SSSR count). The summed E-state index contributed by atoms with van der Waals surface area (Å²) in [6.45, 7) is 3.84. The maximum absolute atomic E-state index is 12.2. The van der Waals surface area contributed by atoms with Crippen LogP contribution in [0.1, 0.15) is 47.4 Å². The molecule has 1 aliphatic rings. The monoisotopic (exact) mass is 346 g/mol. The van der Waals surface area contributed by atoms with Gasteiger partial charge < -0.3 is 10.4 Å². The Bertz CT molecular complexity index is 663. The third kappa shape index (κ3) is 4.43. The summed E-state index contributed by atoms with van der Waals surface area (Å²) in [6.07, 6.45) is 0.410. The summed E-state index contributed by atoms with van der Waals surface area (Å²) < 4.78 is 0. The fraction of sp³-hybridized carbons (Fsp3) is 0.444. The van der Waals surface area contributed by atoms with Gasteiger partial charge in [0.15, 0.2) is 0 Å². The Hall–Kier alpha value is -2.70. The van der Waals surface area contributed by atoms with Crippen molar-refractivity contribution in [3.8, 4) is 0 Å². The molecule has 1 heterocycles. The number of aliphatic carboxylic acids is 1. The van der Waals surface area contributed by atoms with E-state index in [1.54, 1.807) is 24.3 Å². The number of carboxylic acids is 1. The molecule has 0 saturated carbocycles. The van der Waals surface area contributed by atoms with Crippen LogP contribution in [0.25, 0.3) is 0 Å². The van der Waals surface area contributed by atoms with Crippen molar-refractivity contribution in [2.24, 2.45) is 11.8 Å². The van der Waals surface area contributed by atoms with Gasteiger partial charge in [-0.3, -0.25) is 24.1 Å². The molecule has 1 atom stereocenters. The highest BCUT2D eigenvalue weighted by atomic mass is 16.4. The van der Waals surface area contributed by atoms with E-state index in [-0.39, 0.29) is 31.3 Å². The fourth-order valence-corrected chi connectivity index (χ4v) is 2.82. The molecule has 7 heteroatoms. The Labute approximate surface area is 146 Å². The largest absolute Gasteiger partial charge is 0.481 e. The number of carboxylic acid groups (broad SMARTS) is 1. The Kier molecular flexibility index (Phi) is 5.90. The molecule has 3 amide bonds. The van der Waals surface area contributed by atoms with Crippen molar-refractivity contribution in [1.29, 1.82) is 0 Å². The molecule has 134 valence electrons. The molecule has 0 aromatic heterocycles. The van der Waals surface area contributed by atoms with Crippen LogP contribution in [0.2, 0.25) is 0 Å². The lowest BCUT2D eigenvalue weighted by molar-refractivity contribution is -0.142. The van der Waals surface area contributed by atoms with Crippen LogP contribution in [0.5, 0.6) is 0 Å². The first-order chi connectivity index (χ1) is 11.8. The molecule has 2 N–H and O–H groups in total. The number of amides is 3. The summed E-state index contributed by atoms with van der Waals surface area (Å²) in [5.41, 5.74) is 0.687. The highest BCUT2D eigenvalue weighted by Gasteiger charge is 2.35. The predicted octanol–water partition coefficient (Wildman–Crippen LogP) is 1.54. The molecule has 7 nitrogen and oxygen atoms in total. The smallest absolute Gasteiger partial charge is 0.308 e. The maximum Gasteiger partial charge on any atom is 0.308 e. The van der Waals surface area contributed by atoms with Gasteiger partial charge in [0, 0.05) is 19.5 Å². The zero-order valence-corrected chi connectivity index (χ0v) is 14.3. The van der Waals surface area contributed by atoms with Crippen LogP contribution in [0.4, 0.5) is 0 Å². The van der Waals surface area contributed by atoms with Gasteiger partial charge in [0.2, 0.25) is 5.91 Å². The molecule has 1 aliphatic heterocycles. The molecule has 0 fully saturated rings. The number of carbonyl (C=O) groups excluding carboxylic acids is 3. The molecular formula is C18H22N2O5. The molecule has 0 radical (unpaired) electrons. The summed E-state index contributed by atoms with van der Waals surface area (Å²) in [6, 6.07) is 6.53. The average Bonchev–Trinajstić information content (AvgIpc) is 2.80. The minimum absolute atomic E-state index is 0.0277. The van der Waals surface area contributed by atoms with Gasteiger partial charge in [-0.15, -0.1) is 0 Å². The number of rotatable bonds is 8. The zero-order chi connectivity index (χ0) is 18.6. The predicted molar refractivity (Wildman–Crippen MR) is 90.0 cm³/mol. The average molecular weight is 346 g/mol. The van der Waals surface area contributed by atoms with Gasteiger partial charge in [0.1, 0.15) is 0 Å². The Morgan fingerprint density at radius 2 is 1.68 bits per heavy atom. The number of imide groups is 1. The topological polar surface area (TPSA) is 104 Å². The number of carbonyl (C=O) groups is 4. The fourth-order valence-electron chi connectivity index (χ4n) is 2.82. The number of benzene rings is 1. The number of fused-ring (bicyclic) bond motifs is 1. The van der Waals surface area contributed by atoms with E-state index in [2.05, 4.69) is 5.32 Å². The molecule has 1 unspecified atom stereocenters. The molecule has 0 saturated heterocycles. The van der Waals surface area contributed by atoms with Crippen LogP contribution in [0.3, 0.4) is 0 Å². The van der Waals surface area contributed by atoms with Gasteiger partial charge in [0.05, 0.1) is 17.0 Å². The van der Waals surface area contributed by atoms with Crippen molar-refractivity contribution in [2.75, 3.05) is 13.1 Å². The first-order valence-electron chi connectivity index (χ1n) is 8.26. The van der Waals surface area contributed by atoms with Crippen LogP contribution >= 0.6 is 0 Å². The first kappa shape index (κ1) is 18.6. The second-order valence-corrected chi connectivity index (χ2v) is 6.53. The SMILES string of the molecule is CC(C)CC(CNC(=O)CCN1C(=O)c2ccccc2C1=O)C(=O)O. The summed E-state index contributed by atoms with van der Waals surface area (Å²) >= 11 is 0. The quantitative estimate of drug-likeness (QED) is 0.695. The van der Waals surface area contributed by atoms with E-state index in [4.69, 9.17) is 5.11 Å². The van der Waals surface area contributed by atoms with E-state index in [0.29, 0.717) is 17.5 Å². The van der Waals surface area contributed by atoms with Crippen LogP contribution in [0.15, 0.2) is 24.3 Å². The van der Waals surface area contributed by atoms with Gasteiger partial charge in [-0.25, -0.2) is 0 Å². The molecular weight excluding hydrogens is 324 g/mol. The van der Waals surface area contributed by atoms with E-state index in [0.717, 1.165) is 4.90 Å². The number of hydrogen-bond acceptors (Lipinski definition) is 4. The van der Waals surface area contributed by atoms with Crippen molar-refractivity contribution in [3.05, 3.63) is 35.4 Å². The van der Waals surface area contributed by atoms with Gasteiger partial charge in [0.25, 0.3) is 11.8 Å². The molecule has 0 aliphatic carbocycles.